The maximum absolute atomic E-state index is 12.3. The molecule has 0 bridgehead atoms. The lowest BCUT2D eigenvalue weighted by Crippen LogP contribution is -1.90. The Morgan fingerprint density at radius 3 is 2.90 bits per heavy atom. The molecular weight excluding hydrogens is 157 g/mol. The van der Waals surface area contributed by atoms with E-state index in [2.05, 4.69) is 4.98 Å². The van der Waals surface area contributed by atoms with Gasteiger partial charge < -0.3 is 5.11 Å². The van der Waals surface area contributed by atoms with Gasteiger partial charge in [-0.05, 0) is 6.07 Å². The van der Waals surface area contributed by atoms with Crippen molar-refractivity contribution in [3.63, 3.8) is 0 Å². The molecule has 0 atom stereocenters. The number of pyridine rings is 1. The van der Waals surface area contributed by atoms with E-state index in [1.807, 2.05) is 0 Å². The molecule has 0 spiro atoms. The number of halogens is 2. The Morgan fingerprint density at radius 1 is 1.70 bits per heavy atom. The molecule has 54 valence electrons. The van der Waals surface area contributed by atoms with Gasteiger partial charge in [0.05, 0.1) is 23.5 Å². The van der Waals surface area contributed by atoms with Crippen LogP contribution in [0.25, 0.3) is 0 Å². The monoisotopic (exact) mass is 161 g/mol. The fraction of sp³-hybridized carbons (Fsp3) is 0.167. The zero-order chi connectivity index (χ0) is 7.56. The highest BCUT2D eigenvalue weighted by atomic mass is 35.5. The average molecular weight is 162 g/mol. The van der Waals surface area contributed by atoms with Gasteiger partial charge in [-0.25, -0.2) is 4.39 Å². The first-order valence-electron chi connectivity index (χ1n) is 2.65. The predicted molar refractivity (Wildman–Crippen MR) is 35.1 cm³/mol. The van der Waals surface area contributed by atoms with Gasteiger partial charge in [0.1, 0.15) is 5.82 Å². The molecule has 0 aliphatic carbocycles. The standard InChI is InChI=1S/C6H5ClFNO/c7-5-1-4(8)2-9-6(5)3-10/h1-2,10H,3H2. The predicted octanol–water partition coefficient (Wildman–Crippen LogP) is 1.37. The second-order valence-electron chi connectivity index (χ2n) is 1.74. The molecule has 4 heteroatoms. The summed E-state index contributed by atoms with van der Waals surface area (Å²) < 4.78 is 12.3. The molecule has 0 saturated heterocycles. The Balaban J connectivity index is 3.07. The molecule has 10 heavy (non-hydrogen) atoms. The van der Waals surface area contributed by atoms with E-state index in [9.17, 15) is 4.39 Å². The lowest BCUT2D eigenvalue weighted by atomic mass is 10.3. The van der Waals surface area contributed by atoms with E-state index in [0.717, 1.165) is 12.3 Å². The third-order valence-electron chi connectivity index (χ3n) is 1.03. The highest BCUT2D eigenvalue weighted by Crippen LogP contribution is 2.13. The first kappa shape index (κ1) is 7.44. The molecule has 0 saturated carbocycles. The number of nitrogens with zero attached hydrogens (tertiary/aromatic N) is 1. The summed E-state index contributed by atoms with van der Waals surface area (Å²) in [4.78, 5) is 3.54. The number of rotatable bonds is 1. The normalized spacial score (nSPS) is 9.90. The van der Waals surface area contributed by atoms with Crippen molar-refractivity contribution in [3.05, 3.63) is 28.8 Å². The Bertz CT molecular complexity index is 241. The highest BCUT2D eigenvalue weighted by molar-refractivity contribution is 6.31. The van der Waals surface area contributed by atoms with Gasteiger partial charge in [-0.3, -0.25) is 4.98 Å². The number of aliphatic hydroxyl groups excluding tert-OH is 1. The highest BCUT2D eigenvalue weighted by Gasteiger charge is 2.00. The summed E-state index contributed by atoms with van der Waals surface area (Å²) in [7, 11) is 0. The molecule has 0 aliphatic heterocycles. The Hall–Kier alpha value is -0.670. The molecule has 0 fully saturated rings. The van der Waals surface area contributed by atoms with Gasteiger partial charge in [0, 0.05) is 0 Å². The average Bonchev–Trinajstić information content (AvgIpc) is 1.88. The minimum atomic E-state index is -0.498. The van der Waals surface area contributed by atoms with Crippen molar-refractivity contribution in [1.82, 2.24) is 4.98 Å². The summed E-state index contributed by atoms with van der Waals surface area (Å²) >= 11 is 5.47. The summed E-state index contributed by atoms with van der Waals surface area (Å²) in [6, 6.07) is 1.11. The molecule has 0 aliphatic rings. The zero-order valence-electron chi connectivity index (χ0n) is 5.01. The van der Waals surface area contributed by atoms with Crippen LogP contribution in [0.15, 0.2) is 12.3 Å². The summed E-state index contributed by atoms with van der Waals surface area (Å²) in [6.07, 6.45) is 1.01. The lowest BCUT2D eigenvalue weighted by Gasteiger charge is -1.96. The minimum Gasteiger partial charge on any atom is -0.390 e. The van der Waals surface area contributed by atoms with Crippen molar-refractivity contribution in [1.29, 1.82) is 0 Å². The van der Waals surface area contributed by atoms with Crippen LogP contribution in [-0.2, 0) is 6.61 Å². The molecule has 1 rings (SSSR count). The van der Waals surface area contributed by atoms with Crippen molar-refractivity contribution in [3.8, 4) is 0 Å². The van der Waals surface area contributed by atoms with Crippen molar-refractivity contribution in [2.24, 2.45) is 0 Å². The molecule has 0 radical (unpaired) electrons. The summed E-state index contributed by atoms with van der Waals surface area (Å²) in [5.74, 6) is -0.498. The molecule has 1 N–H and O–H groups in total. The molecule has 0 aromatic carbocycles. The van der Waals surface area contributed by atoms with Gasteiger partial charge in [-0.1, -0.05) is 11.6 Å². The molecule has 1 aromatic heterocycles. The van der Waals surface area contributed by atoms with E-state index < -0.39 is 5.82 Å². The lowest BCUT2D eigenvalue weighted by molar-refractivity contribution is 0.276. The van der Waals surface area contributed by atoms with Gasteiger partial charge in [-0.2, -0.15) is 0 Å². The maximum atomic E-state index is 12.3. The first-order valence-corrected chi connectivity index (χ1v) is 3.02. The summed E-state index contributed by atoms with van der Waals surface area (Å²) in [5.41, 5.74) is 0.295. The number of hydrogen-bond acceptors (Lipinski definition) is 2. The van der Waals surface area contributed by atoms with Crippen LogP contribution in [0.4, 0.5) is 4.39 Å². The smallest absolute Gasteiger partial charge is 0.142 e. The first-order chi connectivity index (χ1) is 4.74. The van der Waals surface area contributed by atoms with Crippen LogP contribution in [0.5, 0.6) is 0 Å². The van der Waals surface area contributed by atoms with E-state index in [0.29, 0.717) is 5.69 Å². The van der Waals surface area contributed by atoms with Crippen molar-refractivity contribution in [2.45, 2.75) is 6.61 Å². The number of aromatic nitrogens is 1. The van der Waals surface area contributed by atoms with Gasteiger partial charge in [0.25, 0.3) is 0 Å². The molecule has 1 heterocycles. The third-order valence-corrected chi connectivity index (χ3v) is 1.36. The summed E-state index contributed by atoms with van der Waals surface area (Å²) in [6.45, 7) is -0.265. The topological polar surface area (TPSA) is 33.1 Å². The van der Waals surface area contributed by atoms with Crippen LogP contribution in [0.1, 0.15) is 5.69 Å². The second-order valence-corrected chi connectivity index (χ2v) is 2.15. The Kier molecular flexibility index (Phi) is 2.19. The quantitative estimate of drug-likeness (QED) is 0.675. The van der Waals surface area contributed by atoms with Crippen LogP contribution < -0.4 is 0 Å². The SMILES string of the molecule is OCc1ncc(F)cc1Cl. The van der Waals surface area contributed by atoms with Crippen molar-refractivity contribution < 1.29 is 9.50 Å². The van der Waals surface area contributed by atoms with E-state index in [1.54, 1.807) is 0 Å². The number of hydrogen-bond donors (Lipinski definition) is 1. The van der Waals surface area contributed by atoms with Crippen LogP contribution in [0, 0.1) is 5.82 Å². The van der Waals surface area contributed by atoms with E-state index in [4.69, 9.17) is 16.7 Å². The number of aliphatic hydroxyl groups is 1. The second kappa shape index (κ2) is 2.94. The molecular formula is C6H5ClFNO. The van der Waals surface area contributed by atoms with E-state index in [-0.39, 0.29) is 11.6 Å². The molecule has 1 aromatic rings. The van der Waals surface area contributed by atoms with Gasteiger partial charge in [0.2, 0.25) is 0 Å². The van der Waals surface area contributed by atoms with Gasteiger partial charge in [-0.15, -0.1) is 0 Å². The van der Waals surface area contributed by atoms with Crippen LogP contribution in [-0.4, -0.2) is 10.1 Å². The van der Waals surface area contributed by atoms with E-state index >= 15 is 0 Å². The fourth-order valence-electron chi connectivity index (χ4n) is 0.559. The van der Waals surface area contributed by atoms with Gasteiger partial charge in [0.15, 0.2) is 0 Å². The van der Waals surface area contributed by atoms with Crippen molar-refractivity contribution in [2.75, 3.05) is 0 Å². The van der Waals surface area contributed by atoms with Crippen LogP contribution in [0.3, 0.4) is 0 Å². The largest absolute Gasteiger partial charge is 0.390 e. The fourth-order valence-corrected chi connectivity index (χ4v) is 0.772. The Morgan fingerprint density at radius 2 is 2.40 bits per heavy atom. The van der Waals surface area contributed by atoms with Crippen LogP contribution >= 0.6 is 11.6 Å². The van der Waals surface area contributed by atoms with Crippen LogP contribution in [0.2, 0.25) is 5.02 Å². The molecule has 0 unspecified atom stereocenters. The van der Waals surface area contributed by atoms with E-state index in [1.165, 1.54) is 0 Å². The van der Waals surface area contributed by atoms with Gasteiger partial charge >= 0.3 is 0 Å². The third kappa shape index (κ3) is 1.43. The zero-order valence-corrected chi connectivity index (χ0v) is 5.77. The Labute approximate surface area is 62.3 Å². The maximum Gasteiger partial charge on any atom is 0.142 e. The minimum absolute atomic E-state index is 0.155. The molecule has 0 amide bonds. The van der Waals surface area contributed by atoms with Crippen molar-refractivity contribution >= 4 is 11.6 Å². The molecule has 2 nitrogen and oxygen atoms in total. The summed E-state index contributed by atoms with van der Waals surface area (Å²) in [5, 5.41) is 8.70.